The maximum Gasteiger partial charge on any atom is 0.192 e. The molecular formula is C9H21IOSi. The van der Waals surface area contributed by atoms with Crippen molar-refractivity contribution >= 4 is 30.9 Å². The van der Waals surface area contributed by atoms with Gasteiger partial charge < -0.3 is 4.43 Å². The molecule has 74 valence electrons. The molecule has 0 aliphatic rings. The molecule has 0 N–H and O–H groups in total. The van der Waals surface area contributed by atoms with E-state index in [1.807, 2.05) is 0 Å². The Morgan fingerprint density at radius 3 is 2.17 bits per heavy atom. The third-order valence-corrected chi connectivity index (χ3v) is 9.62. The van der Waals surface area contributed by atoms with Crippen LogP contribution in [-0.4, -0.2) is 19.4 Å². The van der Waals surface area contributed by atoms with E-state index >= 15 is 0 Å². The van der Waals surface area contributed by atoms with Crippen molar-refractivity contribution in [2.45, 2.75) is 45.3 Å². The fourth-order valence-electron chi connectivity index (χ4n) is 0.713. The Hall–Kier alpha value is 0.907. The minimum Gasteiger partial charge on any atom is -0.417 e. The highest BCUT2D eigenvalue weighted by molar-refractivity contribution is 14.1. The smallest absolute Gasteiger partial charge is 0.192 e. The maximum atomic E-state index is 5.97. The van der Waals surface area contributed by atoms with E-state index in [1.165, 1.54) is 4.43 Å². The van der Waals surface area contributed by atoms with Gasteiger partial charge in [0, 0.05) is 11.0 Å². The molecule has 0 radical (unpaired) electrons. The zero-order valence-electron chi connectivity index (χ0n) is 8.91. The molecule has 0 saturated carbocycles. The number of rotatable bonds is 5. The van der Waals surface area contributed by atoms with Gasteiger partial charge in [-0.3, -0.25) is 0 Å². The third-order valence-electron chi connectivity index (χ3n) is 2.63. The lowest BCUT2D eigenvalue weighted by atomic mass is 10.2. The Kier molecular flexibility index (Phi) is 5.33. The summed E-state index contributed by atoms with van der Waals surface area (Å²) in [6.45, 7) is 12.4. The molecule has 0 spiro atoms. The van der Waals surface area contributed by atoms with E-state index in [2.05, 4.69) is 56.5 Å². The SMILES string of the molecule is CCCO[Si](C)(C)C(C)(C)CI. The van der Waals surface area contributed by atoms with Crippen LogP contribution in [0.5, 0.6) is 0 Å². The Balaban J connectivity index is 4.17. The second-order valence-electron chi connectivity index (χ2n) is 4.38. The summed E-state index contributed by atoms with van der Waals surface area (Å²) < 4.78 is 7.16. The van der Waals surface area contributed by atoms with E-state index in [0.29, 0.717) is 5.04 Å². The van der Waals surface area contributed by atoms with E-state index in [1.54, 1.807) is 0 Å². The van der Waals surface area contributed by atoms with Gasteiger partial charge in [0.1, 0.15) is 0 Å². The third kappa shape index (κ3) is 3.34. The fourth-order valence-corrected chi connectivity index (χ4v) is 4.90. The Morgan fingerprint density at radius 2 is 1.83 bits per heavy atom. The van der Waals surface area contributed by atoms with Crippen molar-refractivity contribution in [3.63, 3.8) is 0 Å². The predicted octanol–water partition coefficient (Wildman–Crippen LogP) is 3.83. The van der Waals surface area contributed by atoms with Gasteiger partial charge in [-0.05, 0) is 24.6 Å². The van der Waals surface area contributed by atoms with E-state index in [0.717, 1.165) is 13.0 Å². The van der Waals surface area contributed by atoms with Gasteiger partial charge in [0.05, 0.1) is 0 Å². The molecule has 0 rings (SSSR count). The average Bonchev–Trinajstić information content (AvgIpc) is 2.00. The van der Waals surface area contributed by atoms with E-state index < -0.39 is 8.32 Å². The minimum atomic E-state index is -1.46. The van der Waals surface area contributed by atoms with Crippen LogP contribution >= 0.6 is 22.6 Å². The predicted molar refractivity (Wildman–Crippen MR) is 66.7 cm³/mol. The molecule has 1 nitrogen and oxygen atoms in total. The molecule has 0 fully saturated rings. The molecule has 0 aromatic rings. The number of hydrogen-bond donors (Lipinski definition) is 0. The molecule has 0 aromatic carbocycles. The van der Waals surface area contributed by atoms with Gasteiger partial charge in [0.15, 0.2) is 8.32 Å². The zero-order chi connectivity index (χ0) is 9.83. The molecule has 0 unspecified atom stereocenters. The average molecular weight is 300 g/mol. The summed E-state index contributed by atoms with van der Waals surface area (Å²) >= 11 is 2.46. The van der Waals surface area contributed by atoms with Crippen LogP contribution in [0.4, 0.5) is 0 Å². The van der Waals surface area contributed by atoms with Crippen molar-refractivity contribution in [3.8, 4) is 0 Å². The van der Waals surface area contributed by atoms with Crippen molar-refractivity contribution in [3.05, 3.63) is 0 Å². The number of alkyl halides is 1. The maximum absolute atomic E-state index is 5.97. The van der Waals surface area contributed by atoms with Crippen LogP contribution in [-0.2, 0) is 4.43 Å². The van der Waals surface area contributed by atoms with Crippen molar-refractivity contribution in [2.24, 2.45) is 0 Å². The van der Waals surface area contributed by atoms with Gasteiger partial charge in [0.25, 0.3) is 0 Å². The van der Waals surface area contributed by atoms with Gasteiger partial charge in [-0.1, -0.05) is 43.4 Å². The first kappa shape index (κ1) is 12.9. The molecule has 0 aliphatic carbocycles. The van der Waals surface area contributed by atoms with Crippen molar-refractivity contribution in [1.29, 1.82) is 0 Å². The molecular weight excluding hydrogens is 279 g/mol. The summed E-state index contributed by atoms with van der Waals surface area (Å²) in [5.41, 5.74) is 0. The Bertz CT molecular complexity index is 134. The summed E-state index contributed by atoms with van der Waals surface area (Å²) in [5, 5.41) is 0.392. The van der Waals surface area contributed by atoms with Crippen molar-refractivity contribution in [2.75, 3.05) is 11.0 Å². The van der Waals surface area contributed by atoms with Crippen LogP contribution in [0.3, 0.4) is 0 Å². The first-order chi connectivity index (χ1) is 5.37. The van der Waals surface area contributed by atoms with Gasteiger partial charge in [-0.25, -0.2) is 0 Å². The zero-order valence-corrected chi connectivity index (χ0v) is 12.1. The Labute approximate surface area is 91.5 Å². The highest BCUT2D eigenvalue weighted by atomic mass is 127. The van der Waals surface area contributed by atoms with Crippen molar-refractivity contribution in [1.82, 2.24) is 0 Å². The molecule has 0 atom stereocenters. The summed E-state index contributed by atoms with van der Waals surface area (Å²) in [5.74, 6) is 0. The summed E-state index contributed by atoms with van der Waals surface area (Å²) in [6, 6.07) is 0. The molecule has 0 aliphatic heterocycles. The number of halogens is 1. The lowest BCUT2D eigenvalue weighted by Gasteiger charge is -2.37. The van der Waals surface area contributed by atoms with Gasteiger partial charge in [-0.15, -0.1) is 0 Å². The van der Waals surface area contributed by atoms with Gasteiger partial charge in [0.2, 0.25) is 0 Å². The van der Waals surface area contributed by atoms with Crippen molar-refractivity contribution < 1.29 is 4.43 Å². The highest BCUT2D eigenvalue weighted by Crippen LogP contribution is 2.39. The molecule has 0 saturated heterocycles. The standard InChI is InChI=1S/C9H21IOSi/c1-6-7-11-12(4,5)9(2,3)8-10/h6-8H2,1-5H3. The minimum absolute atomic E-state index is 0.392. The second-order valence-corrected chi connectivity index (χ2v) is 9.80. The largest absolute Gasteiger partial charge is 0.417 e. The summed E-state index contributed by atoms with van der Waals surface area (Å²) in [6.07, 6.45) is 1.13. The normalized spacial score (nSPS) is 13.5. The van der Waals surface area contributed by atoms with Crippen LogP contribution in [0.2, 0.25) is 18.1 Å². The first-order valence-corrected chi connectivity index (χ1v) is 9.00. The van der Waals surface area contributed by atoms with Crippen LogP contribution in [0, 0.1) is 0 Å². The quantitative estimate of drug-likeness (QED) is 0.426. The van der Waals surface area contributed by atoms with Gasteiger partial charge >= 0.3 is 0 Å². The summed E-state index contributed by atoms with van der Waals surface area (Å²) in [4.78, 5) is 0. The lowest BCUT2D eigenvalue weighted by molar-refractivity contribution is 0.289. The fraction of sp³-hybridized carbons (Fsp3) is 1.00. The summed E-state index contributed by atoms with van der Waals surface area (Å²) in [7, 11) is -1.46. The monoisotopic (exact) mass is 300 g/mol. The molecule has 0 heterocycles. The van der Waals surface area contributed by atoms with Gasteiger partial charge in [-0.2, -0.15) is 0 Å². The number of hydrogen-bond acceptors (Lipinski definition) is 1. The van der Waals surface area contributed by atoms with E-state index in [4.69, 9.17) is 4.43 Å². The molecule has 0 amide bonds. The second kappa shape index (κ2) is 4.96. The van der Waals surface area contributed by atoms with E-state index in [9.17, 15) is 0 Å². The Morgan fingerprint density at radius 1 is 1.33 bits per heavy atom. The molecule has 0 bridgehead atoms. The van der Waals surface area contributed by atoms with Crippen LogP contribution in [0.15, 0.2) is 0 Å². The van der Waals surface area contributed by atoms with Crippen LogP contribution < -0.4 is 0 Å². The molecule has 3 heteroatoms. The topological polar surface area (TPSA) is 9.23 Å². The molecule has 12 heavy (non-hydrogen) atoms. The highest BCUT2D eigenvalue weighted by Gasteiger charge is 2.39. The lowest BCUT2D eigenvalue weighted by Crippen LogP contribution is -2.43. The van der Waals surface area contributed by atoms with Crippen LogP contribution in [0.1, 0.15) is 27.2 Å². The first-order valence-electron chi connectivity index (χ1n) is 4.57. The molecule has 0 aromatic heterocycles. The van der Waals surface area contributed by atoms with E-state index in [-0.39, 0.29) is 0 Å². The van der Waals surface area contributed by atoms with Crippen LogP contribution in [0.25, 0.3) is 0 Å².